The molecule has 29 heavy (non-hydrogen) atoms. The first-order valence-electron chi connectivity index (χ1n) is 8.31. The molecule has 0 fully saturated rings. The molecule has 3 aromatic carbocycles. The molecule has 0 aliphatic carbocycles. The first-order chi connectivity index (χ1) is 13.7. The van der Waals surface area contributed by atoms with Crippen LogP contribution in [0.5, 0.6) is 0 Å². The van der Waals surface area contributed by atoms with E-state index in [0.29, 0.717) is 11.1 Å². The molecule has 0 atom stereocenters. The number of alkyl halides is 3. The van der Waals surface area contributed by atoms with Crippen LogP contribution in [0.4, 0.5) is 47.8 Å². The van der Waals surface area contributed by atoms with Crippen molar-refractivity contribution in [3.63, 3.8) is 0 Å². The summed E-state index contributed by atoms with van der Waals surface area (Å²) in [6.07, 6.45) is -2.36. The molecule has 0 N–H and O–H groups in total. The van der Waals surface area contributed by atoms with Crippen LogP contribution < -0.4 is 4.90 Å². The molecule has 0 aromatic heterocycles. The second-order valence-electron chi connectivity index (χ2n) is 6.26. The van der Waals surface area contributed by atoms with Gasteiger partial charge < -0.3 is 4.90 Å². The van der Waals surface area contributed by atoms with Gasteiger partial charge >= 0.3 is 6.18 Å². The fourth-order valence-corrected chi connectivity index (χ4v) is 3.28. The van der Waals surface area contributed by atoms with E-state index in [1.165, 1.54) is 24.3 Å². The van der Waals surface area contributed by atoms with Gasteiger partial charge in [0.1, 0.15) is 11.3 Å². The highest BCUT2D eigenvalue weighted by molar-refractivity contribution is 5.93. The van der Waals surface area contributed by atoms with Gasteiger partial charge in [-0.05, 0) is 23.3 Å². The highest BCUT2D eigenvalue weighted by Crippen LogP contribution is 2.47. The average molecular weight is 409 g/mol. The van der Waals surface area contributed by atoms with Crippen molar-refractivity contribution in [3.05, 3.63) is 88.5 Å². The minimum Gasteiger partial charge on any atom is -0.304 e. The highest BCUT2D eigenvalue weighted by atomic mass is 19.4. The Morgan fingerprint density at radius 1 is 0.586 bits per heavy atom. The number of halogens is 7. The minimum atomic E-state index is -5.61. The van der Waals surface area contributed by atoms with Gasteiger partial charge in [0.2, 0.25) is 0 Å². The second kappa shape index (κ2) is 6.65. The number of nitrogens with zero attached hydrogens (tertiary/aromatic N) is 1. The van der Waals surface area contributed by atoms with Crippen LogP contribution in [0.2, 0.25) is 0 Å². The Balaban J connectivity index is 2.10. The molecule has 0 radical (unpaired) electrons. The van der Waals surface area contributed by atoms with Gasteiger partial charge in [-0.15, -0.1) is 0 Å². The van der Waals surface area contributed by atoms with Crippen LogP contribution in [0.3, 0.4) is 0 Å². The highest BCUT2D eigenvalue weighted by Gasteiger charge is 2.43. The lowest BCUT2D eigenvalue weighted by atomic mass is 10.1. The zero-order chi connectivity index (χ0) is 20.9. The third-order valence-corrected chi connectivity index (χ3v) is 4.55. The molecule has 148 valence electrons. The maximum absolute atomic E-state index is 14.8. The van der Waals surface area contributed by atoms with Crippen molar-refractivity contribution in [3.8, 4) is 0 Å². The zero-order valence-electron chi connectivity index (χ0n) is 14.4. The number of rotatable bonds is 1. The van der Waals surface area contributed by atoms with Gasteiger partial charge in [-0.3, -0.25) is 0 Å². The van der Waals surface area contributed by atoms with E-state index in [4.69, 9.17) is 0 Å². The number of para-hydroxylation sites is 2. The maximum Gasteiger partial charge on any atom is 0.422 e. The smallest absolute Gasteiger partial charge is 0.304 e. The van der Waals surface area contributed by atoms with E-state index >= 15 is 0 Å². The topological polar surface area (TPSA) is 3.24 Å². The van der Waals surface area contributed by atoms with E-state index < -0.39 is 40.7 Å². The summed E-state index contributed by atoms with van der Waals surface area (Å²) >= 11 is 0. The number of benzene rings is 3. The lowest BCUT2D eigenvalue weighted by Crippen LogP contribution is -2.21. The van der Waals surface area contributed by atoms with Crippen LogP contribution in [0.1, 0.15) is 16.7 Å². The van der Waals surface area contributed by atoms with Crippen LogP contribution in [0, 0.1) is 23.3 Å². The minimum absolute atomic E-state index is 0.144. The molecule has 1 aliphatic rings. The van der Waals surface area contributed by atoms with E-state index in [-0.39, 0.29) is 11.4 Å². The Morgan fingerprint density at radius 2 is 1.00 bits per heavy atom. The number of hydrogen-bond acceptors (Lipinski definition) is 1. The van der Waals surface area contributed by atoms with Gasteiger partial charge in [0, 0.05) is 0 Å². The molecule has 0 spiro atoms. The third-order valence-electron chi connectivity index (χ3n) is 4.55. The van der Waals surface area contributed by atoms with Crippen LogP contribution >= 0.6 is 0 Å². The molecule has 1 aliphatic heterocycles. The summed E-state index contributed by atoms with van der Waals surface area (Å²) in [5, 5.41) is 0. The lowest BCUT2D eigenvalue weighted by Gasteiger charge is -2.28. The molecule has 0 bridgehead atoms. The van der Waals surface area contributed by atoms with Crippen molar-refractivity contribution in [2.24, 2.45) is 0 Å². The first kappa shape index (κ1) is 19.0. The molecule has 0 amide bonds. The van der Waals surface area contributed by atoms with Crippen molar-refractivity contribution in [1.29, 1.82) is 0 Å². The van der Waals surface area contributed by atoms with E-state index in [2.05, 4.69) is 0 Å². The third kappa shape index (κ3) is 2.95. The van der Waals surface area contributed by atoms with E-state index in [0.717, 1.165) is 4.90 Å². The van der Waals surface area contributed by atoms with Crippen LogP contribution in [0.15, 0.2) is 48.5 Å². The van der Waals surface area contributed by atoms with Crippen LogP contribution in [0.25, 0.3) is 12.2 Å². The van der Waals surface area contributed by atoms with Crippen LogP contribution in [-0.2, 0) is 6.18 Å². The average Bonchev–Trinajstić information content (AvgIpc) is 2.84. The van der Waals surface area contributed by atoms with Gasteiger partial charge in [-0.2, -0.15) is 13.2 Å². The summed E-state index contributed by atoms with van der Waals surface area (Å²) in [6.45, 7) is 0. The van der Waals surface area contributed by atoms with E-state index in [1.807, 2.05) is 0 Å². The van der Waals surface area contributed by atoms with Crippen molar-refractivity contribution >= 4 is 29.2 Å². The van der Waals surface area contributed by atoms with Crippen molar-refractivity contribution in [2.45, 2.75) is 6.18 Å². The Hall–Kier alpha value is -3.29. The molecule has 0 unspecified atom stereocenters. The molecule has 8 heteroatoms. The predicted molar refractivity (Wildman–Crippen MR) is 94.9 cm³/mol. The predicted octanol–water partition coefficient (Wildman–Crippen LogP) is 7.22. The molecule has 4 rings (SSSR count). The molecule has 0 saturated heterocycles. The Kier molecular flexibility index (Phi) is 4.37. The van der Waals surface area contributed by atoms with Gasteiger partial charge in [-0.25, -0.2) is 17.6 Å². The second-order valence-corrected chi connectivity index (χ2v) is 6.26. The summed E-state index contributed by atoms with van der Waals surface area (Å²) < 4.78 is 97.0. The molecular formula is C21H10F7N. The number of anilines is 3. The summed E-state index contributed by atoms with van der Waals surface area (Å²) in [5.74, 6) is -9.28. The summed E-state index contributed by atoms with van der Waals surface area (Å²) in [5.41, 5.74) is -2.69. The number of fused-ring (bicyclic) bond motifs is 2. The fourth-order valence-electron chi connectivity index (χ4n) is 3.28. The van der Waals surface area contributed by atoms with Crippen LogP contribution in [-0.4, -0.2) is 0 Å². The molecule has 1 heterocycles. The summed E-state index contributed by atoms with van der Waals surface area (Å²) in [6, 6.07) is 12.4. The van der Waals surface area contributed by atoms with Gasteiger partial charge in [0.25, 0.3) is 0 Å². The van der Waals surface area contributed by atoms with Gasteiger partial charge in [-0.1, -0.05) is 48.6 Å². The van der Waals surface area contributed by atoms with Gasteiger partial charge in [0.15, 0.2) is 23.3 Å². The van der Waals surface area contributed by atoms with E-state index in [1.54, 1.807) is 36.4 Å². The zero-order valence-corrected chi connectivity index (χ0v) is 14.4. The molecule has 1 nitrogen and oxygen atoms in total. The lowest BCUT2D eigenvalue weighted by molar-refractivity contribution is -0.143. The Morgan fingerprint density at radius 3 is 1.41 bits per heavy atom. The Labute approximate surface area is 160 Å². The van der Waals surface area contributed by atoms with Crippen molar-refractivity contribution in [1.82, 2.24) is 0 Å². The normalized spacial score (nSPS) is 13.1. The summed E-state index contributed by atoms with van der Waals surface area (Å²) in [7, 11) is 0. The first-order valence-corrected chi connectivity index (χ1v) is 8.31. The largest absolute Gasteiger partial charge is 0.422 e. The SMILES string of the molecule is Fc1c(F)c(C(F)(F)F)c(F)c(F)c1N1c2ccccc2C=Cc2ccccc21. The quantitative estimate of drug-likeness (QED) is 0.237. The Bertz CT molecular complexity index is 1070. The standard InChI is InChI=1S/C21H10F7N/c22-16-15(21(26,27)28)17(23)19(25)20(18(16)24)29-13-7-3-1-5-11(13)9-10-12-6-2-4-8-14(12)29/h1-10H. The van der Waals surface area contributed by atoms with Gasteiger partial charge in [0.05, 0.1) is 11.4 Å². The molecular weight excluding hydrogens is 399 g/mol. The van der Waals surface area contributed by atoms with E-state index in [9.17, 15) is 30.7 Å². The molecule has 0 saturated carbocycles. The maximum atomic E-state index is 14.8. The van der Waals surface area contributed by atoms with Crippen molar-refractivity contribution < 1.29 is 30.7 Å². The fraction of sp³-hybridized carbons (Fsp3) is 0.0476. The molecule has 3 aromatic rings. The monoisotopic (exact) mass is 409 g/mol. The van der Waals surface area contributed by atoms with Crippen molar-refractivity contribution in [2.75, 3.05) is 4.90 Å². The summed E-state index contributed by atoms with van der Waals surface area (Å²) in [4.78, 5) is 0.877. The number of hydrogen-bond donors (Lipinski definition) is 0.